The van der Waals surface area contributed by atoms with Gasteiger partial charge in [0.2, 0.25) is 0 Å². The molecule has 0 saturated heterocycles. The Bertz CT molecular complexity index is 932. The maximum atomic E-state index is 13.4. The first-order valence-electron chi connectivity index (χ1n) is 9.61. The van der Waals surface area contributed by atoms with Crippen molar-refractivity contribution < 1.29 is 9.53 Å². The number of benzene rings is 1. The van der Waals surface area contributed by atoms with E-state index in [0.29, 0.717) is 23.9 Å². The zero-order valence-electron chi connectivity index (χ0n) is 16.9. The van der Waals surface area contributed by atoms with Crippen LogP contribution in [0.3, 0.4) is 0 Å². The number of methoxy groups -OCH3 is 1. The third kappa shape index (κ3) is 4.18. The summed E-state index contributed by atoms with van der Waals surface area (Å²) in [5, 5.41) is 4.95. The molecule has 0 spiro atoms. The molecule has 150 valence electrons. The highest BCUT2D eigenvalue weighted by atomic mass is 32.1. The van der Waals surface area contributed by atoms with Gasteiger partial charge in [-0.1, -0.05) is 25.2 Å². The number of amides is 1. The summed E-state index contributed by atoms with van der Waals surface area (Å²) in [6.45, 7) is 10.1. The molecule has 0 atom stereocenters. The smallest absolute Gasteiger partial charge is 0.278 e. The number of carbonyl (C=O) groups is 1. The molecule has 0 saturated carbocycles. The van der Waals surface area contributed by atoms with Crippen molar-refractivity contribution >= 4 is 32.6 Å². The molecule has 2 aromatic heterocycles. The molecule has 0 N–H and O–H groups in total. The first-order valence-corrected chi connectivity index (χ1v) is 10.4. The minimum absolute atomic E-state index is 0.0717. The molecule has 0 aliphatic rings. The van der Waals surface area contributed by atoms with Crippen molar-refractivity contribution in [2.24, 2.45) is 0 Å². The van der Waals surface area contributed by atoms with Crippen LogP contribution in [0.1, 0.15) is 31.3 Å². The van der Waals surface area contributed by atoms with Crippen molar-refractivity contribution in [2.75, 3.05) is 38.2 Å². The maximum absolute atomic E-state index is 13.4. The number of anilines is 1. The van der Waals surface area contributed by atoms with Crippen LogP contribution in [-0.4, -0.2) is 58.9 Å². The highest BCUT2D eigenvalue weighted by Crippen LogP contribution is 2.32. The Morgan fingerprint density at radius 1 is 1.18 bits per heavy atom. The van der Waals surface area contributed by atoms with Gasteiger partial charge < -0.3 is 9.64 Å². The highest BCUT2D eigenvalue weighted by Gasteiger charge is 2.24. The van der Waals surface area contributed by atoms with E-state index in [4.69, 9.17) is 9.72 Å². The third-order valence-electron chi connectivity index (χ3n) is 4.83. The van der Waals surface area contributed by atoms with Crippen molar-refractivity contribution in [1.82, 2.24) is 19.7 Å². The van der Waals surface area contributed by atoms with Crippen molar-refractivity contribution in [3.8, 4) is 5.75 Å². The molecular weight excluding hydrogens is 374 g/mol. The summed E-state index contributed by atoms with van der Waals surface area (Å²) in [6, 6.07) is 7.55. The Labute approximate surface area is 169 Å². The van der Waals surface area contributed by atoms with Crippen LogP contribution in [-0.2, 0) is 6.54 Å². The second-order valence-electron chi connectivity index (χ2n) is 6.35. The number of hydrogen-bond donors (Lipinski definition) is 0. The molecule has 3 rings (SSSR count). The Morgan fingerprint density at radius 2 is 1.96 bits per heavy atom. The van der Waals surface area contributed by atoms with Gasteiger partial charge in [0, 0.05) is 25.8 Å². The van der Waals surface area contributed by atoms with Gasteiger partial charge >= 0.3 is 0 Å². The first-order chi connectivity index (χ1) is 13.6. The van der Waals surface area contributed by atoms with Gasteiger partial charge in [-0.2, -0.15) is 5.10 Å². The summed E-state index contributed by atoms with van der Waals surface area (Å²) in [7, 11) is 1.65. The van der Waals surface area contributed by atoms with E-state index in [1.807, 2.05) is 25.1 Å². The van der Waals surface area contributed by atoms with Crippen LogP contribution in [0.4, 0.5) is 5.13 Å². The van der Waals surface area contributed by atoms with E-state index in [1.165, 1.54) is 11.3 Å². The molecule has 3 aromatic rings. The van der Waals surface area contributed by atoms with E-state index >= 15 is 0 Å². The minimum Gasteiger partial charge on any atom is -0.497 e. The zero-order valence-corrected chi connectivity index (χ0v) is 17.7. The van der Waals surface area contributed by atoms with Crippen molar-refractivity contribution in [3.05, 3.63) is 36.2 Å². The van der Waals surface area contributed by atoms with Crippen molar-refractivity contribution in [2.45, 2.75) is 27.3 Å². The number of thiazole rings is 1. The van der Waals surface area contributed by atoms with Gasteiger partial charge in [0.05, 0.1) is 17.3 Å². The van der Waals surface area contributed by atoms with E-state index in [9.17, 15) is 4.79 Å². The van der Waals surface area contributed by atoms with Gasteiger partial charge in [0.1, 0.15) is 11.4 Å². The topological polar surface area (TPSA) is 63.5 Å². The molecule has 0 radical (unpaired) electrons. The average Bonchev–Trinajstić information content (AvgIpc) is 3.36. The molecule has 1 amide bonds. The van der Waals surface area contributed by atoms with Gasteiger partial charge in [0.15, 0.2) is 5.13 Å². The fourth-order valence-corrected chi connectivity index (χ4v) is 4.12. The largest absolute Gasteiger partial charge is 0.497 e. The summed E-state index contributed by atoms with van der Waals surface area (Å²) in [5.74, 6) is 0.713. The third-order valence-corrected chi connectivity index (χ3v) is 5.87. The Hall–Kier alpha value is -2.45. The molecule has 0 aliphatic heterocycles. The monoisotopic (exact) mass is 401 g/mol. The zero-order chi connectivity index (χ0) is 20.1. The van der Waals surface area contributed by atoms with E-state index < -0.39 is 0 Å². The van der Waals surface area contributed by atoms with Crippen molar-refractivity contribution in [3.63, 3.8) is 0 Å². The summed E-state index contributed by atoms with van der Waals surface area (Å²) < 4.78 is 8.04. The van der Waals surface area contributed by atoms with Crippen LogP contribution >= 0.6 is 11.3 Å². The Kier molecular flexibility index (Phi) is 6.64. The van der Waals surface area contributed by atoms with Crippen LogP contribution in [0.15, 0.2) is 30.5 Å². The summed E-state index contributed by atoms with van der Waals surface area (Å²) >= 11 is 1.51. The lowest BCUT2D eigenvalue weighted by Crippen LogP contribution is -2.39. The Balaban J connectivity index is 1.96. The number of hydrogen-bond acceptors (Lipinski definition) is 6. The second kappa shape index (κ2) is 9.16. The minimum atomic E-state index is -0.0717. The molecule has 7 nitrogen and oxygen atoms in total. The molecule has 0 unspecified atom stereocenters. The van der Waals surface area contributed by atoms with Crippen LogP contribution in [0.5, 0.6) is 5.75 Å². The van der Waals surface area contributed by atoms with Gasteiger partial charge in [0.25, 0.3) is 5.91 Å². The van der Waals surface area contributed by atoms with Crippen LogP contribution in [0.25, 0.3) is 10.2 Å². The van der Waals surface area contributed by atoms with Gasteiger partial charge in [-0.15, -0.1) is 0 Å². The molecule has 28 heavy (non-hydrogen) atoms. The van der Waals surface area contributed by atoms with Crippen LogP contribution in [0.2, 0.25) is 0 Å². The number of fused-ring (bicyclic) bond motifs is 1. The lowest BCUT2D eigenvalue weighted by Gasteiger charge is -2.24. The molecule has 0 fully saturated rings. The highest BCUT2D eigenvalue weighted by molar-refractivity contribution is 7.22. The van der Waals surface area contributed by atoms with E-state index in [-0.39, 0.29) is 5.91 Å². The number of aromatic nitrogens is 3. The number of aryl methyl sites for hydroxylation is 1. The van der Waals surface area contributed by atoms with Gasteiger partial charge in [-0.05, 0) is 44.3 Å². The van der Waals surface area contributed by atoms with Gasteiger partial charge in [-0.25, -0.2) is 4.98 Å². The maximum Gasteiger partial charge on any atom is 0.278 e. The molecular formula is C20H27N5O2S. The van der Waals surface area contributed by atoms with E-state index in [0.717, 1.165) is 35.6 Å². The number of nitrogens with zero attached hydrogens (tertiary/aromatic N) is 5. The number of likely N-dealkylation sites (N-methyl/N-ethyl adjacent to an activating group) is 1. The standard InChI is InChI=1S/C20H27N5O2S/c1-5-23(6-2)12-13-24(19(26)17-10-11-21-25(17)7-3)20-22-16-9-8-15(27-4)14-18(16)28-20/h8-11,14H,5-7,12-13H2,1-4H3. The average molecular weight is 402 g/mol. The second-order valence-corrected chi connectivity index (χ2v) is 7.36. The van der Waals surface area contributed by atoms with Crippen LogP contribution in [0, 0.1) is 0 Å². The predicted molar refractivity (Wildman–Crippen MR) is 114 cm³/mol. The molecule has 0 bridgehead atoms. The summed E-state index contributed by atoms with van der Waals surface area (Å²) in [5.41, 5.74) is 1.45. The molecule has 8 heteroatoms. The fraction of sp³-hybridized carbons (Fsp3) is 0.450. The lowest BCUT2D eigenvalue weighted by atomic mass is 10.3. The number of rotatable bonds is 9. The van der Waals surface area contributed by atoms with Crippen LogP contribution < -0.4 is 9.64 Å². The Morgan fingerprint density at radius 3 is 2.64 bits per heavy atom. The normalized spacial score (nSPS) is 11.3. The van der Waals surface area contributed by atoms with E-state index in [1.54, 1.807) is 29.0 Å². The molecule has 1 aromatic carbocycles. The lowest BCUT2D eigenvalue weighted by molar-refractivity contribution is 0.0973. The first kappa shape index (κ1) is 20.3. The SMILES string of the molecule is CCN(CC)CCN(C(=O)c1ccnn1CC)c1nc2ccc(OC)cc2s1. The van der Waals surface area contributed by atoms with Crippen molar-refractivity contribution in [1.29, 1.82) is 0 Å². The number of carbonyl (C=O) groups excluding carboxylic acids is 1. The summed E-state index contributed by atoms with van der Waals surface area (Å²) in [4.78, 5) is 22.2. The number of ether oxygens (including phenoxy) is 1. The van der Waals surface area contributed by atoms with E-state index in [2.05, 4.69) is 23.8 Å². The molecule has 2 heterocycles. The molecule has 0 aliphatic carbocycles. The fourth-order valence-electron chi connectivity index (χ4n) is 3.11. The quantitative estimate of drug-likeness (QED) is 0.549. The van der Waals surface area contributed by atoms with Gasteiger partial charge in [-0.3, -0.25) is 14.4 Å². The summed E-state index contributed by atoms with van der Waals surface area (Å²) in [6.07, 6.45) is 1.67. The predicted octanol–water partition coefficient (Wildman–Crippen LogP) is 3.51.